The van der Waals surface area contributed by atoms with Crippen LogP contribution in [0.3, 0.4) is 0 Å². The molecule has 1 saturated carbocycles. The number of carboxylic acids is 1. The van der Waals surface area contributed by atoms with Crippen molar-refractivity contribution in [2.75, 3.05) is 6.61 Å². The molecule has 0 atom stereocenters. The Labute approximate surface area is 173 Å². The quantitative estimate of drug-likeness (QED) is 0.552. The number of ether oxygens (including phenoxy) is 1. The molecule has 1 heterocycles. The highest BCUT2D eigenvalue weighted by atomic mass is 19.1. The lowest BCUT2D eigenvalue weighted by Gasteiger charge is -2.12. The molecular formula is C24H21F2NO3. The van der Waals surface area contributed by atoms with Gasteiger partial charge in [0.25, 0.3) is 0 Å². The van der Waals surface area contributed by atoms with Crippen molar-refractivity contribution in [2.24, 2.45) is 0 Å². The topological polar surface area (TPSA) is 59.4 Å². The Kier molecular flexibility index (Phi) is 5.48. The summed E-state index contributed by atoms with van der Waals surface area (Å²) in [6.45, 7) is 2.32. The molecule has 1 fully saturated rings. The summed E-state index contributed by atoms with van der Waals surface area (Å²) in [7, 11) is 0. The Hall–Kier alpha value is -3.28. The van der Waals surface area contributed by atoms with Crippen LogP contribution >= 0.6 is 0 Å². The van der Waals surface area contributed by atoms with Gasteiger partial charge < -0.3 is 9.84 Å². The van der Waals surface area contributed by atoms with Crippen LogP contribution in [0.2, 0.25) is 0 Å². The Bertz CT molecular complexity index is 1110. The normalized spacial score (nSPS) is 13.3. The van der Waals surface area contributed by atoms with Crippen LogP contribution in [0.1, 0.15) is 52.9 Å². The Balaban J connectivity index is 1.66. The average molecular weight is 409 g/mol. The number of halogens is 2. The molecule has 0 spiro atoms. The predicted octanol–water partition coefficient (Wildman–Crippen LogP) is 5.59. The average Bonchev–Trinajstić information content (AvgIpc) is 3.56. The molecule has 0 radical (unpaired) electrons. The molecule has 1 N–H and O–H groups in total. The van der Waals surface area contributed by atoms with Crippen LogP contribution in [0.4, 0.5) is 8.78 Å². The summed E-state index contributed by atoms with van der Waals surface area (Å²) >= 11 is 0. The fourth-order valence-electron chi connectivity index (χ4n) is 3.52. The first kappa shape index (κ1) is 20.0. The van der Waals surface area contributed by atoms with Gasteiger partial charge in [0.2, 0.25) is 0 Å². The Morgan fingerprint density at radius 2 is 1.97 bits per heavy atom. The smallest absolute Gasteiger partial charge is 0.337 e. The molecule has 4 nitrogen and oxygen atoms in total. The Morgan fingerprint density at radius 1 is 1.17 bits per heavy atom. The first-order chi connectivity index (χ1) is 14.5. The first-order valence-electron chi connectivity index (χ1n) is 9.89. The van der Waals surface area contributed by atoms with Gasteiger partial charge in [0, 0.05) is 18.2 Å². The van der Waals surface area contributed by atoms with E-state index in [0.717, 1.165) is 30.5 Å². The number of aromatic nitrogens is 1. The summed E-state index contributed by atoms with van der Waals surface area (Å²) in [4.78, 5) is 15.9. The summed E-state index contributed by atoms with van der Waals surface area (Å²) in [5.74, 6) is -1.40. The zero-order chi connectivity index (χ0) is 21.3. The molecule has 2 aromatic carbocycles. The van der Waals surface area contributed by atoms with Crippen LogP contribution in [0.15, 0.2) is 48.7 Å². The number of aromatic carboxylic acids is 1. The SMILES string of the molecule is CCOc1cccc(-c2cc(F)c(Cc3ncc(C4CC4)cc3C(=O)O)cc2F)c1. The predicted molar refractivity (Wildman–Crippen MR) is 109 cm³/mol. The minimum Gasteiger partial charge on any atom is -0.494 e. The van der Waals surface area contributed by atoms with Crippen LogP contribution in [0.25, 0.3) is 11.1 Å². The van der Waals surface area contributed by atoms with E-state index in [2.05, 4.69) is 4.98 Å². The third-order valence-electron chi connectivity index (χ3n) is 5.22. The second-order valence-corrected chi connectivity index (χ2v) is 7.40. The van der Waals surface area contributed by atoms with Gasteiger partial charge in [-0.1, -0.05) is 12.1 Å². The second kappa shape index (κ2) is 8.22. The number of pyridine rings is 1. The van der Waals surface area contributed by atoms with Crippen molar-refractivity contribution in [3.05, 3.63) is 82.7 Å². The number of hydrogen-bond acceptors (Lipinski definition) is 3. The number of benzene rings is 2. The molecule has 4 rings (SSSR count). The van der Waals surface area contributed by atoms with E-state index in [0.29, 0.717) is 23.8 Å². The fourth-order valence-corrected chi connectivity index (χ4v) is 3.52. The molecule has 1 aliphatic carbocycles. The van der Waals surface area contributed by atoms with Crippen molar-refractivity contribution >= 4 is 5.97 Å². The number of carbonyl (C=O) groups is 1. The standard InChI is InChI=1S/C24H21F2NO3/c1-2-30-18-5-3-4-15(8-18)19-12-21(25)16(10-22(19)26)11-23-20(24(28)29)9-17(13-27-23)14-6-7-14/h3-5,8-10,12-14H,2,6-7,11H2,1H3,(H,28,29). The zero-order valence-corrected chi connectivity index (χ0v) is 16.5. The molecule has 1 aromatic heterocycles. The van der Waals surface area contributed by atoms with E-state index in [-0.39, 0.29) is 28.8 Å². The molecule has 0 unspecified atom stereocenters. The molecule has 30 heavy (non-hydrogen) atoms. The van der Waals surface area contributed by atoms with Crippen molar-refractivity contribution < 1.29 is 23.4 Å². The lowest BCUT2D eigenvalue weighted by molar-refractivity contribution is 0.0695. The molecule has 154 valence electrons. The van der Waals surface area contributed by atoms with Crippen LogP contribution in [0, 0.1) is 11.6 Å². The third kappa shape index (κ3) is 4.17. The highest BCUT2D eigenvalue weighted by molar-refractivity contribution is 5.89. The fraction of sp³-hybridized carbons (Fsp3) is 0.250. The maximum absolute atomic E-state index is 14.8. The van der Waals surface area contributed by atoms with Gasteiger partial charge in [-0.05, 0) is 72.7 Å². The van der Waals surface area contributed by atoms with Gasteiger partial charge in [0.05, 0.1) is 17.9 Å². The summed E-state index contributed by atoms with van der Waals surface area (Å²) in [5.41, 5.74) is 1.82. The molecule has 6 heteroatoms. The molecule has 0 aliphatic heterocycles. The van der Waals surface area contributed by atoms with Gasteiger partial charge in [-0.15, -0.1) is 0 Å². The second-order valence-electron chi connectivity index (χ2n) is 7.40. The van der Waals surface area contributed by atoms with E-state index in [1.165, 1.54) is 0 Å². The number of hydrogen-bond donors (Lipinski definition) is 1. The maximum atomic E-state index is 14.8. The lowest BCUT2D eigenvalue weighted by Crippen LogP contribution is -2.08. The minimum absolute atomic E-state index is 0.0349. The number of nitrogens with zero attached hydrogens (tertiary/aromatic N) is 1. The highest BCUT2D eigenvalue weighted by Crippen LogP contribution is 2.40. The minimum atomic E-state index is -1.12. The van der Waals surface area contributed by atoms with E-state index >= 15 is 0 Å². The van der Waals surface area contributed by atoms with Crippen molar-refractivity contribution in [2.45, 2.75) is 32.1 Å². The van der Waals surface area contributed by atoms with Gasteiger partial charge >= 0.3 is 5.97 Å². The van der Waals surface area contributed by atoms with E-state index < -0.39 is 17.6 Å². The zero-order valence-electron chi connectivity index (χ0n) is 16.5. The van der Waals surface area contributed by atoms with Crippen LogP contribution in [-0.4, -0.2) is 22.7 Å². The monoisotopic (exact) mass is 409 g/mol. The number of carboxylic acid groups (broad SMARTS) is 1. The third-order valence-corrected chi connectivity index (χ3v) is 5.22. The summed E-state index contributed by atoms with van der Waals surface area (Å²) in [5, 5.41) is 9.54. The molecular weight excluding hydrogens is 388 g/mol. The van der Waals surface area contributed by atoms with E-state index in [4.69, 9.17) is 4.74 Å². The summed E-state index contributed by atoms with van der Waals surface area (Å²) < 4.78 is 35.1. The molecule has 3 aromatic rings. The van der Waals surface area contributed by atoms with Crippen molar-refractivity contribution in [1.82, 2.24) is 4.98 Å². The van der Waals surface area contributed by atoms with Crippen molar-refractivity contribution in [3.8, 4) is 16.9 Å². The van der Waals surface area contributed by atoms with E-state index in [1.54, 1.807) is 36.5 Å². The summed E-state index contributed by atoms with van der Waals surface area (Å²) in [6, 6.07) is 10.7. The molecule has 0 bridgehead atoms. The molecule has 1 aliphatic rings. The largest absolute Gasteiger partial charge is 0.494 e. The lowest BCUT2D eigenvalue weighted by atomic mass is 9.98. The molecule has 0 amide bonds. The van der Waals surface area contributed by atoms with Crippen LogP contribution < -0.4 is 4.74 Å². The molecule has 0 saturated heterocycles. The van der Waals surface area contributed by atoms with Gasteiger partial charge in [0.15, 0.2) is 0 Å². The maximum Gasteiger partial charge on any atom is 0.337 e. The van der Waals surface area contributed by atoms with Crippen molar-refractivity contribution in [1.29, 1.82) is 0 Å². The van der Waals surface area contributed by atoms with Gasteiger partial charge in [-0.2, -0.15) is 0 Å². The van der Waals surface area contributed by atoms with E-state index in [9.17, 15) is 18.7 Å². The van der Waals surface area contributed by atoms with Crippen LogP contribution in [-0.2, 0) is 6.42 Å². The Morgan fingerprint density at radius 3 is 2.67 bits per heavy atom. The van der Waals surface area contributed by atoms with Crippen molar-refractivity contribution in [3.63, 3.8) is 0 Å². The summed E-state index contributed by atoms with van der Waals surface area (Å²) in [6.07, 6.45) is 3.58. The van der Waals surface area contributed by atoms with Gasteiger partial charge in [-0.3, -0.25) is 4.98 Å². The van der Waals surface area contributed by atoms with Crippen LogP contribution in [0.5, 0.6) is 5.75 Å². The van der Waals surface area contributed by atoms with Gasteiger partial charge in [-0.25, -0.2) is 13.6 Å². The number of rotatable bonds is 7. The van der Waals surface area contributed by atoms with Gasteiger partial charge in [0.1, 0.15) is 17.4 Å². The highest BCUT2D eigenvalue weighted by Gasteiger charge is 2.26. The first-order valence-corrected chi connectivity index (χ1v) is 9.89. The van der Waals surface area contributed by atoms with E-state index in [1.807, 2.05) is 6.92 Å².